The van der Waals surface area contributed by atoms with E-state index in [0.717, 1.165) is 12.8 Å². The highest BCUT2D eigenvalue weighted by Gasteiger charge is 2.38. The zero-order valence-corrected chi connectivity index (χ0v) is 13.5. The molecule has 3 N–H and O–H groups in total. The van der Waals surface area contributed by atoms with Crippen molar-refractivity contribution in [3.63, 3.8) is 0 Å². The summed E-state index contributed by atoms with van der Waals surface area (Å²) in [4.78, 5) is 2.04. The van der Waals surface area contributed by atoms with Gasteiger partial charge in [-0.25, -0.2) is 0 Å². The predicted molar refractivity (Wildman–Crippen MR) is 80.4 cm³/mol. The van der Waals surface area contributed by atoms with Crippen LogP contribution in [-0.4, -0.2) is 77.8 Å². The monoisotopic (exact) mass is 319 g/mol. The summed E-state index contributed by atoms with van der Waals surface area (Å²) in [6, 6.07) is 0. The second-order valence-corrected chi connectivity index (χ2v) is 7.97. The zero-order valence-electron chi connectivity index (χ0n) is 12.7. The predicted octanol–water partition coefficient (Wildman–Crippen LogP) is -0.530. The van der Waals surface area contributed by atoms with Crippen LogP contribution in [0.3, 0.4) is 0 Å². The molecule has 8 nitrogen and oxygen atoms in total. The lowest BCUT2D eigenvalue weighted by Gasteiger charge is -2.43. The van der Waals surface area contributed by atoms with Crippen LogP contribution in [0.1, 0.15) is 26.7 Å². The molecule has 2 saturated heterocycles. The lowest BCUT2D eigenvalue weighted by Crippen LogP contribution is -2.61. The SMILES string of the molecule is CC(C)(C(N)=NO)N1CCN(S(=O)(=O)N2CCCC2)CC1. The van der Waals surface area contributed by atoms with Gasteiger partial charge in [-0.3, -0.25) is 4.90 Å². The minimum absolute atomic E-state index is 0.137. The Kier molecular flexibility index (Phi) is 4.76. The average Bonchev–Trinajstić information content (AvgIpc) is 3.01. The number of nitrogens with zero attached hydrogens (tertiary/aromatic N) is 4. The van der Waals surface area contributed by atoms with Crippen LogP contribution < -0.4 is 5.73 Å². The smallest absolute Gasteiger partial charge is 0.282 e. The van der Waals surface area contributed by atoms with Crippen molar-refractivity contribution < 1.29 is 13.6 Å². The fourth-order valence-electron chi connectivity index (χ4n) is 2.84. The van der Waals surface area contributed by atoms with Gasteiger partial charge in [-0.2, -0.15) is 17.0 Å². The quantitative estimate of drug-likeness (QED) is 0.314. The Labute approximate surface area is 126 Å². The number of hydrogen-bond donors (Lipinski definition) is 2. The van der Waals surface area contributed by atoms with Gasteiger partial charge in [-0.15, -0.1) is 0 Å². The van der Waals surface area contributed by atoms with E-state index in [0.29, 0.717) is 39.3 Å². The van der Waals surface area contributed by atoms with Crippen molar-refractivity contribution in [2.45, 2.75) is 32.2 Å². The van der Waals surface area contributed by atoms with Crippen molar-refractivity contribution in [3.05, 3.63) is 0 Å². The zero-order chi connectivity index (χ0) is 15.7. The molecule has 0 saturated carbocycles. The topological polar surface area (TPSA) is 102 Å². The number of piperazine rings is 1. The third kappa shape index (κ3) is 3.15. The van der Waals surface area contributed by atoms with E-state index in [9.17, 15) is 8.42 Å². The van der Waals surface area contributed by atoms with Crippen LogP contribution in [0.15, 0.2) is 5.16 Å². The normalized spacial score (nSPS) is 24.6. The lowest BCUT2D eigenvalue weighted by molar-refractivity contribution is 0.116. The van der Waals surface area contributed by atoms with Gasteiger partial charge in [-0.05, 0) is 26.7 Å². The molecule has 2 aliphatic rings. The minimum atomic E-state index is -3.33. The highest BCUT2D eigenvalue weighted by molar-refractivity contribution is 7.86. The second kappa shape index (κ2) is 6.07. The van der Waals surface area contributed by atoms with Gasteiger partial charge in [-0.1, -0.05) is 5.16 Å². The molecule has 0 amide bonds. The van der Waals surface area contributed by atoms with E-state index in [1.165, 1.54) is 4.31 Å². The van der Waals surface area contributed by atoms with E-state index in [2.05, 4.69) is 5.16 Å². The molecule has 122 valence electrons. The standard InChI is InChI=1S/C12H25N5O3S/c1-12(2,11(13)14-18)15-7-9-17(10-8-15)21(19,20)16-5-3-4-6-16/h18H,3-10H2,1-2H3,(H2,13,14). The molecule has 2 aliphatic heterocycles. The summed E-state index contributed by atoms with van der Waals surface area (Å²) >= 11 is 0. The molecule has 0 aliphatic carbocycles. The molecule has 0 spiro atoms. The van der Waals surface area contributed by atoms with Gasteiger partial charge in [0, 0.05) is 39.3 Å². The van der Waals surface area contributed by atoms with Crippen molar-refractivity contribution >= 4 is 16.0 Å². The number of rotatable bonds is 4. The van der Waals surface area contributed by atoms with Crippen LogP contribution in [0.4, 0.5) is 0 Å². The Bertz CT molecular complexity index is 491. The van der Waals surface area contributed by atoms with Crippen molar-refractivity contribution in [3.8, 4) is 0 Å². The van der Waals surface area contributed by atoms with E-state index in [1.54, 1.807) is 4.31 Å². The van der Waals surface area contributed by atoms with Gasteiger partial charge in [0.05, 0.1) is 5.54 Å². The molecule has 21 heavy (non-hydrogen) atoms. The molecule has 0 bridgehead atoms. The van der Waals surface area contributed by atoms with E-state index < -0.39 is 15.7 Å². The summed E-state index contributed by atoms with van der Waals surface area (Å²) in [6.45, 7) is 6.98. The van der Waals surface area contributed by atoms with Crippen LogP contribution >= 0.6 is 0 Å². The lowest BCUT2D eigenvalue weighted by atomic mass is 10.0. The van der Waals surface area contributed by atoms with Crippen LogP contribution in [0.2, 0.25) is 0 Å². The molecular weight excluding hydrogens is 294 g/mol. The Morgan fingerprint density at radius 3 is 2.00 bits per heavy atom. The Balaban J connectivity index is 2.00. The minimum Gasteiger partial charge on any atom is -0.409 e. The third-order valence-corrected chi connectivity index (χ3v) is 6.52. The van der Waals surface area contributed by atoms with Crippen molar-refractivity contribution in [1.82, 2.24) is 13.5 Å². The van der Waals surface area contributed by atoms with Crippen LogP contribution in [0.25, 0.3) is 0 Å². The van der Waals surface area contributed by atoms with Gasteiger partial charge in [0.15, 0.2) is 5.84 Å². The highest BCUT2D eigenvalue weighted by Crippen LogP contribution is 2.21. The molecule has 2 fully saturated rings. The molecule has 0 aromatic rings. The summed E-state index contributed by atoms with van der Waals surface area (Å²) in [5, 5.41) is 11.9. The summed E-state index contributed by atoms with van der Waals surface area (Å²) in [6.07, 6.45) is 1.88. The fraction of sp³-hybridized carbons (Fsp3) is 0.917. The van der Waals surface area contributed by atoms with E-state index >= 15 is 0 Å². The molecule has 2 heterocycles. The first-order valence-electron chi connectivity index (χ1n) is 7.28. The summed E-state index contributed by atoms with van der Waals surface area (Å²) < 4.78 is 28.1. The number of oxime groups is 1. The summed E-state index contributed by atoms with van der Waals surface area (Å²) in [5.41, 5.74) is 5.13. The van der Waals surface area contributed by atoms with Crippen LogP contribution in [0, 0.1) is 0 Å². The largest absolute Gasteiger partial charge is 0.409 e. The van der Waals surface area contributed by atoms with E-state index in [1.807, 2.05) is 18.7 Å². The van der Waals surface area contributed by atoms with Crippen molar-refractivity contribution in [1.29, 1.82) is 0 Å². The van der Waals surface area contributed by atoms with Crippen LogP contribution in [-0.2, 0) is 10.2 Å². The third-order valence-electron chi connectivity index (χ3n) is 4.48. The molecule has 0 unspecified atom stereocenters. The molecule has 0 aromatic heterocycles. The Hall–Kier alpha value is -0.900. The summed E-state index contributed by atoms with van der Waals surface area (Å²) in [7, 11) is -3.33. The van der Waals surface area contributed by atoms with Crippen LogP contribution in [0.5, 0.6) is 0 Å². The molecule has 0 atom stereocenters. The van der Waals surface area contributed by atoms with Crippen molar-refractivity contribution in [2.24, 2.45) is 10.9 Å². The number of hydrogen-bond acceptors (Lipinski definition) is 5. The first-order chi connectivity index (χ1) is 9.80. The Morgan fingerprint density at radius 1 is 1.05 bits per heavy atom. The first-order valence-corrected chi connectivity index (χ1v) is 8.68. The molecular formula is C12H25N5O3S. The second-order valence-electron chi connectivity index (χ2n) is 6.04. The maximum atomic E-state index is 12.5. The maximum absolute atomic E-state index is 12.5. The fourth-order valence-corrected chi connectivity index (χ4v) is 4.52. The van der Waals surface area contributed by atoms with E-state index in [4.69, 9.17) is 10.9 Å². The van der Waals surface area contributed by atoms with E-state index in [-0.39, 0.29) is 5.84 Å². The highest BCUT2D eigenvalue weighted by atomic mass is 32.2. The number of amidine groups is 1. The molecule has 0 aromatic carbocycles. The maximum Gasteiger partial charge on any atom is 0.282 e. The first kappa shape index (κ1) is 16.5. The average molecular weight is 319 g/mol. The van der Waals surface area contributed by atoms with Crippen molar-refractivity contribution in [2.75, 3.05) is 39.3 Å². The Morgan fingerprint density at radius 2 is 1.52 bits per heavy atom. The number of nitrogens with two attached hydrogens (primary N) is 1. The van der Waals surface area contributed by atoms with Gasteiger partial charge in [0.25, 0.3) is 10.2 Å². The van der Waals surface area contributed by atoms with Gasteiger partial charge in [0.2, 0.25) is 0 Å². The molecule has 0 radical (unpaired) electrons. The molecule has 2 rings (SSSR count). The van der Waals surface area contributed by atoms with Gasteiger partial charge in [0.1, 0.15) is 0 Å². The van der Waals surface area contributed by atoms with Gasteiger partial charge < -0.3 is 10.9 Å². The summed E-state index contributed by atoms with van der Waals surface area (Å²) in [5.74, 6) is 0.137. The van der Waals surface area contributed by atoms with Gasteiger partial charge >= 0.3 is 0 Å². The molecule has 9 heteroatoms.